The number of aryl methyl sites for hydroxylation is 1. The first-order chi connectivity index (χ1) is 8.70. The van der Waals surface area contributed by atoms with Crippen LogP contribution in [0.1, 0.15) is 18.5 Å². The normalized spacial score (nSPS) is 12.1. The van der Waals surface area contributed by atoms with Crippen LogP contribution in [0.25, 0.3) is 0 Å². The molecule has 0 radical (unpaired) electrons. The maximum Gasteiger partial charge on any atom is 0.244 e. The number of hydrogen-bond donors (Lipinski definition) is 2. The Kier molecular flexibility index (Phi) is 3.62. The molecular formula is C13H16N4O. The van der Waals surface area contributed by atoms with Gasteiger partial charge in [-0.1, -0.05) is 18.2 Å². The molecule has 94 valence electrons. The molecule has 0 aliphatic carbocycles. The van der Waals surface area contributed by atoms with Gasteiger partial charge in [0.25, 0.3) is 0 Å². The minimum atomic E-state index is -0.562. The molecule has 1 atom stereocenters. The highest BCUT2D eigenvalue weighted by atomic mass is 16.1. The molecule has 0 saturated carbocycles. The van der Waals surface area contributed by atoms with Gasteiger partial charge in [-0.25, -0.2) is 0 Å². The second-order valence-electron chi connectivity index (χ2n) is 3.98. The molecule has 5 nitrogen and oxygen atoms in total. The number of nitrogens with two attached hydrogens (primary N) is 1. The van der Waals surface area contributed by atoms with Gasteiger partial charge in [0.15, 0.2) is 0 Å². The van der Waals surface area contributed by atoms with Gasteiger partial charge in [0.1, 0.15) is 6.04 Å². The number of hydrogen-bond acceptors (Lipinski definition) is 3. The SMILES string of the molecule is CCn1cc(C(Nc2ccccc2)C(N)=O)cn1. The Bertz CT molecular complexity index is 521. The van der Waals surface area contributed by atoms with Crippen molar-refractivity contribution < 1.29 is 4.79 Å². The summed E-state index contributed by atoms with van der Waals surface area (Å²) in [6.45, 7) is 2.75. The van der Waals surface area contributed by atoms with Gasteiger partial charge in [0, 0.05) is 24.0 Å². The Morgan fingerprint density at radius 2 is 2.17 bits per heavy atom. The van der Waals surface area contributed by atoms with Crippen molar-refractivity contribution in [3.63, 3.8) is 0 Å². The molecule has 0 aliphatic rings. The molecule has 1 aromatic heterocycles. The molecule has 1 amide bonds. The summed E-state index contributed by atoms with van der Waals surface area (Å²) in [6.07, 6.45) is 3.49. The summed E-state index contributed by atoms with van der Waals surface area (Å²) in [4.78, 5) is 11.5. The number of aromatic nitrogens is 2. The van der Waals surface area contributed by atoms with Gasteiger partial charge in [0.05, 0.1) is 6.20 Å². The van der Waals surface area contributed by atoms with Crippen LogP contribution in [0, 0.1) is 0 Å². The van der Waals surface area contributed by atoms with E-state index in [1.165, 1.54) is 0 Å². The molecule has 1 unspecified atom stereocenters. The first kappa shape index (κ1) is 12.2. The number of carbonyl (C=O) groups excluding carboxylic acids is 1. The van der Waals surface area contributed by atoms with Crippen molar-refractivity contribution in [3.8, 4) is 0 Å². The van der Waals surface area contributed by atoms with Crippen LogP contribution >= 0.6 is 0 Å². The van der Waals surface area contributed by atoms with Gasteiger partial charge in [-0.3, -0.25) is 9.48 Å². The van der Waals surface area contributed by atoms with Crippen LogP contribution in [0.5, 0.6) is 0 Å². The predicted octanol–water partition coefficient (Wildman–Crippen LogP) is 1.54. The summed E-state index contributed by atoms with van der Waals surface area (Å²) in [5.41, 5.74) is 7.05. The van der Waals surface area contributed by atoms with E-state index in [1.54, 1.807) is 10.9 Å². The zero-order valence-corrected chi connectivity index (χ0v) is 10.2. The maximum atomic E-state index is 11.5. The van der Waals surface area contributed by atoms with E-state index in [2.05, 4.69) is 10.4 Å². The summed E-state index contributed by atoms with van der Waals surface area (Å²) in [7, 11) is 0. The Morgan fingerprint density at radius 3 is 2.72 bits per heavy atom. The summed E-state index contributed by atoms with van der Waals surface area (Å²) in [5, 5.41) is 7.25. The minimum Gasteiger partial charge on any atom is -0.370 e. The number of primary amides is 1. The lowest BCUT2D eigenvalue weighted by atomic mass is 10.1. The van der Waals surface area contributed by atoms with Gasteiger partial charge in [-0.15, -0.1) is 0 Å². The first-order valence-electron chi connectivity index (χ1n) is 5.84. The van der Waals surface area contributed by atoms with Crippen molar-refractivity contribution in [1.82, 2.24) is 9.78 Å². The Labute approximate surface area is 106 Å². The Morgan fingerprint density at radius 1 is 1.44 bits per heavy atom. The number of amides is 1. The van der Waals surface area contributed by atoms with E-state index < -0.39 is 11.9 Å². The van der Waals surface area contributed by atoms with E-state index in [0.29, 0.717) is 0 Å². The first-order valence-corrected chi connectivity index (χ1v) is 5.84. The van der Waals surface area contributed by atoms with Crippen LogP contribution in [0.3, 0.4) is 0 Å². The molecule has 5 heteroatoms. The Balaban J connectivity index is 2.21. The summed E-state index contributed by atoms with van der Waals surface area (Å²) >= 11 is 0. The van der Waals surface area contributed by atoms with E-state index >= 15 is 0 Å². The predicted molar refractivity (Wildman–Crippen MR) is 69.9 cm³/mol. The van der Waals surface area contributed by atoms with Crippen LogP contribution < -0.4 is 11.1 Å². The molecule has 0 spiro atoms. The topological polar surface area (TPSA) is 72.9 Å². The summed E-state index contributed by atoms with van der Waals surface area (Å²) in [5.74, 6) is -0.422. The van der Waals surface area contributed by atoms with Crippen molar-refractivity contribution >= 4 is 11.6 Å². The van der Waals surface area contributed by atoms with E-state index in [1.807, 2.05) is 43.5 Å². The van der Waals surface area contributed by atoms with Gasteiger partial charge in [-0.2, -0.15) is 5.10 Å². The van der Waals surface area contributed by atoms with Crippen molar-refractivity contribution in [1.29, 1.82) is 0 Å². The largest absolute Gasteiger partial charge is 0.370 e. The lowest BCUT2D eigenvalue weighted by Gasteiger charge is -2.14. The van der Waals surface area contributed by atoms with Crippen molar-refractivity contribution in [2.24, 2.45) is 5.73 Å². The highest BCUT2D eigenvalue weighted by Gasteiger charge is 2.19. The van der Waals surface area contributed by atoms with Crippen molar-refractivity contribution in [2.45, 2.75) is 19.5 Å². The third kappa shape index (κ3) is 2.68. The average Bonchev–Trinajstić information content (AvgIpc) is 2.85. The van der Waals surface area contributed by atoms with Gasteiger partial charge in [0.2, 0.25) is 5.91 Å². The van der Waals surface area contributed by atoms with Crippen LogP contribution in [0.4, 0.5) is 5.69 Å². The zero-order valence-electron chi connectivity index (χ0n) is 10.2. The highest BCUT2D eigenvalue weighted by molar-refractivity contribution is 5.84. The van der Waals surface area contributed by atoms with Crippen LogP contribution in [-0.2, 0) is 11.3 Å². The number of nitrogens with zero attached hydrogens (tertiary/aromatic N) is 2. The van der Waals surface area contributed by atoms with E-state index in [0.717, 1.165) is 17.8 Å². The summed E-state index contributed by atoms with van der Waals surface area (Å²) < 4.78 is 1.76. The number of benzene rings is 1. The molecular weight excluding hydrogens is 228 g/mol. The monoisotopic (exact) mass is 244 g/mol. The van der Waals surface area contributed by atoms with Crippen LogP contribution in [-0.4, -0.2) is 15.7 Å². The van der Waals surface area contributed by atoms with Gasteiger partial charge in [-0.05, 0) is 19.1 Å². The van der Waals surface area contributed by atoms with E-state index in [4.69, 9.17) is 5.73 Å². The molecule has 2 rings (SSSR count). The molecule has 0 fully saturated rings. The van der Waals surface area contributed by atoms with Crippen LogP contribution in [0.15, 0.2) is 42.7 Å². The minimum absolute atomic E-state index is 0.422. The second-order valence-corrected chi connectivity index (χ2v) is 3.98. The van der Waals surface area contributed by atoms with Gasteiger partial charge >= 0.3 is 0 Å². The fraction of sp³-hybridized carbons (Fsp3) is 0.231. The lowest BCUT2D eigenvalue weighted by molar-refractivity contribution is -0.118. The second kappa shape index (κ2) is 5.35. The third-order valence-electron chi connectivity index (χ3n) is 2.68. The highest BCUT2D eigenvalue weighted by Crippen LogP contribution is 2.18. The summed E-state index contributed by atoms with van der Waals surface area (Å²) in [6, 6.07) is 8.93. The maximum absolute atomic E-state index is 11.5. The van der Waals surface area contributed by atoms with Crippen molar-refractivity contribution in [3.05, 3.63) is 48.3 Å². The molecule has 0 saturated heterocycles. The molecule has 1 aromatic carbocycles. The fourth-order valence-electron chi connectivity index (χ4n) is 1.72. The number of carbonyl (C=O) groups is 1. The zero-order chi connectivity index (χ0) is 13.0. The Hall–Kier alpha value is -2.30. The molecule has 2 aromatic rings. The number of rotatable bonds is 5. The van der Waals surface area contributed by atoms with E-state index in [-0.39, 0.29) is 0 Å². The molecule has 0 aliphatic heterocycles. The lowest BCUT2D eigenvalue weighted by Crippen LogP contribution is -2.27. The molecule has 1 heterocycles. The quantitative estimate of drug-likeness (QED) is 0.838. The fourth-order valence-corrected chi connectivity index (χ4v) is 1.72. The van der Waals surface area contributed by atoms with Gasteiger partial charge < -0.3 is 11.1 Å². The third-order valence-corrected chi connectivity index (χ3v) is 2.68. The van der Waals surface area contributed by atoms with E-state index in [9.17, 15) is 4.79 Å². The van der Waals surface area contributed by atoms with Crippen LogP contribution in [0.2, 0.25) is 0 Å². The smallest absolute Gasteiger partial charge is 0.244 e. The number of para-hydroxylation sites is 1. The molecule has 0 bridgehead atoms. The molecule has 18 heavy (non-hydrogen) atoms. The van der Waals surface area contributed by atoms with Crippen molar-refractivity contribution in [2.75, 3.05) is 5.32 Å². The average molecular weight is 244 g/mol. The molecule has 3 N–H and O–H groups in total. The standard InChI is InChI=1S/C13H16N4O/c1-2-17-9-10(8-15-17)12(13(14)18)16-11-6-4-3-5-7-11/h3-9,12,16H,2H2,1H3,(H2,14,18). The number of nitrogens with one attached hydrogen (secondary N) is 1. The number of anilines is 1.